The summed E-state index contributed by atoms with van der Waals surface area (Å²) in [5, 5.41) is 9.46. The first-order valence-electron chi connectivity index (χ1n) is 7.03. The van der Waals surface area contributed by atoms with Crippen LogP contribution in [0, 0.1) is 11.8 Å². The Hall–Kier alpha value is -1.10. The van der Waals surface area contributed by atoms with Gasteiger partial charge in [0.25, 0.3) is 5.91 Å². The van der Waals surface area contributed by atoms with Gasteiger partial charge in [0.05, 0.1) is 0 Å². The summed E-state index contributed by atoms with van der Waals surface area (Å²) in [5.41, 5.74) is -0.910. The summed E-state index contributed by atoms with van der Waals surface area (Å²) >= 11 is 0. The molecule has 0 aromatic rings. The Morgan fingerprint density at radius 1 is 1.42 bits per heavy atom. The quantitative estimate of drug-likeness (QED) is 0.840. The van der Waals surface area contributed by atoms with Crippen molar-refractivity contribution in [2.24, 2.45) is 11.8 Å². The Morgan fingerprint density at radius 2 is 2.11 bits per heavy atom. The van der Waals surface area contributed by atoms with E-state index in [1.54, 1.807) is 11.8 Å². The molecule has 5 heteroatoms. The van der Waals surface area contributed by atoms with Gasteiger partial charge in [0.15, 0.2) is 0 Å². The number of fused-ring (bicyclic) bond motifs is 1. The van der Waals surface area contributed by atoms with Gasteiger partial charge in [-0.25, -0.2) is 4.79 Å². The number of carboxylic acid groups (broad SMARTS) is 1. The number of rotatable bonds is 4. The molecule has 1 aliphatic carbocycles. The van der Waals surface area contributed by atoms with Gasteiger partial charge < -0.3 is 14.7 Å². The molecule has 0 radical (unpaired) electrons. The molecule has 1 N–H and O–H groups in total. The lowest BCUT2D eigenvalue weighted by molar-refractivity contribution is -0.161. The number of amides is 1. The molecule has 5 nitrogen and oxygen atoms in total. The average molecular weight is 269 g/mol. The van der Waals surface area contributed by atoms with E-state index in [-0.39, 0.29) is 11.8 Å². The van der Waals surface area contributed by atoms with Crippen LogP contribution in [0.1, 0.15) is 39.5 Å². The van der Waals surface area contributed by atoms with Crippen molar-refractivity contribution in [3.05, 3.63) is 0 Å². The van der Waals surface area contributed by atoms with Gasteiger partial charge in [-0.1, -0.05) is 13.3 Å². The number of methoxy groups -OCH3 is 1. The molecule has 1 saturated heterocycles. The van der Waals surface area contributed by atoms with E-state index in [1.165, 1.54) is 7.11 Å². The maximum absolute atomic E-state index is 12.6. The second-order valence-electron chi connectivity index (χ2n) is 5.88. The normalized spacial score (nSPS) is 33.0. The third-order valence-corrected chi connectivity index (χ3v) is 4.98. The van der Waals surface area contributed by atoms with Gasteiger partial charge in [-0.05, 0) is 38.0 Å². The van der Waals surface area contributed by atoms with Crippen molar-refractivity contribution < 1.29 is 19.4 Å². The first-order chi connectivity index (χ1) is 8.94. The highest BCUT2D eigenvalue weighted by Crippen LogP contribution is 2.43. The highest BCUT2D eigenvalue weighted by atomic mass is 16.5. The predicted octanol–water partition coefficient (Wildman–Crippen LogP) is 1.51. The van der Waals surface area contributed by atoms with Crippen LogP contribution in [0.25, 0.3) is 0 Å². The number of carbonyl (C=O) groups is 2. The Labute approximate surface area is 113 Å². The highest BCUT2D eigenvalue weighted by molar-refractivity contribution is 5.90. The zero-order valence-corrected chi connectivity index (χ0v) is 11.9. The van der Waals surface area contributed by atoms with E-state index in [1.807, 2.05) is 6.92 Å². The smallest absolute Gasteiger partial charge is 0.326 e. The van der Waals surface area contributed by atoms with Crippen molar-refractivity contribution in [2.75, 3.05) is 13.7 Å². The van der Waals surface area contributed by atoms with Crippen molar-refractivity contribution in [2.45, 2.75) is 51.2 Å². The predicted molar refractivity (Wildman–Crippen MR) is 69.7 cm³/mol. The summed E-state index contributed by atoms with van der Waals surface area (Å²) in [6, 6.07) is -0.666. The van der Waals surface area contributed by atoms with Gasteiger partial charge >= 0.3 is 5.97 Å². The van der Waals surface area contributed by atoms with Gasteiger partial charge in [-0.3, -0.25) is 4.79 Å². The van der Waals surface area contributed by atoms with Crippen LogP contribution in [0.5, 0.6) is 0 Å². The lowest BCUT2D eigenvalue weighted by atomic mass is 9.94. The van der Waals surface area contributed by atoms with Crippen LogP contribution in [0.3, 0.4) is 0 Å². The van der Waals surface area contributed by atoms with E-state index in [9.17, 15) is 14.7 Å². The molecular formula is C14H23NO4. The minimum Gasteiger partial charge on any atom is -0.480 e. The van der Waals surface area contributed by atoms with Crippen LogP contribution in [0.4, 0.5) is 0 Å². The van der Waals surface area contributed by atoms with E-state index >= 15 is 0 Å². The molecule has 0 aromatic heterocycles. The molecular weight excluding hydrogens is 246 g/mol. The van der Waals surface area contributed by atoms with E-state index < -0.39 is 17.6 Å². The first-order valence-corrected chi connectivity index (χ1v) is 7.03. The molecule has 2 rings (SSSR count). The van der Waals surface area contributed by atoms with E-state index in [0.717, 1.165) is 19.3 Å². The van der Waals surface area contributed by atoms with Crippen molar-refractivity contribution in [1.82, 2.24) is 4.90 Å². The fraction of sp³-hybridized carbons (Fsp3) is 0.857. The summed E-state index contributed by atoms with van der Waals surface area (Å²) in [7, 11) is 1.51. The molecule has 0 spiro atoms. The molecule has 1 saturated carbocycles. The van der Waals surface area contributed by atoms with Crippen molar-refractivity contribution in [3.63, 3.8) is 0 Å². The number of nitrogens with zero attached hydrogens (tertiary/aromatic N) is 1. The third-order valence-electron chi connectivity index (χ3n) is 4.98. The maximum atomic E-state index is 12.6. The summed E-state index contributed by atoms with van der Waals surface area (Å²) in [6.45, 7) is 4.19. The van der Waals surface area contributed by atoms with Crippen LogP contribution in [-0.2, 0) is 14.3 Å². The number of hydrogen-bond donors (Lipinski definition) is 1. The van der Waals surface area contributed by atoms with Crippen molar-refractivity contribution in [3.8, 4) is 0 Å². The Balaban J connectivity index is 2.24. The fourth-order valence-corrected chi connectivity index (χ4v) is 3.52. The van der Waals surface area contributed by atoms with E-state index in [2.05, 4.69) is 0 Å². The topological polar surface area (TPSA) is 66.8 Å². The van der Waals surface area contributed by atoms with Gasteiger partial charge in [-0.15, -0.1) is 0 Å². The molecule has 108 valence electrons. The minimum absolute atomic E-state index is 0.124. The van der Waals surface area contributed by atoms with Crippen LogP contribution in [0.2, 0.25) is 0 Å². The van der Waals surface area contributed by atoms with E-state index in [4.69, 9.17) is 4.74 Å². The monoisotopic (exact) mass is 269 g/mol. The zero-order valence-electron chi connectivity index (χ0n) is 11.9. The largest absolute Gasteiger partial charge is 0.480 e. The summed E-state index contributed by atoms with van der Waals surface area (Å²) < 4.78 is 5.33. The molecule has 19 heavy (non-hydrogen) atoms. The summed E-state index contributed by atoms with van der Waals surface area (Å²) in [6.07, 6.45) is 3.58. The van der Waals surface area contributed by atoms with Crippen molar-refractivity contribution >= 4 is 11.9 Å². The lowest BCUT2D eigenvalue weighted by Crippen LogP contribution is -2.52. The van der Waals surface area contributed by atoms with Crippen LogP contribution < -0.4 is 0 Å². The second kappa shape index (κ2) is 5.12. The van der Waals surface area contributed by atoms with Gasteiger partial charge in [0, 0.05) is 13.7 Å². The zero-order chi connectivity index (χ0) is 14.2. The molecule has 4 unspecified atom stereocenters. The number of hydrogen-bond acceptors (Lipinski definition) is 3. The Bertz CT molecular complexity index is 378. The number of ether oxygens (including phenoxy) is 1. The number of aliphatic carboxylic acids is 1. The average Bonchev–Trinajstić information content (AvgIpc) is 2.95. The Morgan fingerprint density at radius 3 is 2.63 bits per heavy atom. The maximum Gasteiger partial charge on any atom is 0.326 e. The van der Waals surface area contributed by atoms with Crippen LogP contribution >= 0.6 is 0 Å². The fourth-order valence-electron chi connectivity index (χ4n) is 3.52. The molecule has 2 fully saturated rings. The van der Waals surface area contributed by atoms with Gasteiger partial charge in [0.2, 0.25) is 0 Å². The molecule has 2 aliphatic rings. The minimum atomic E-state index is -0.910. The molecule has 4 atom stereocenters. The van der Waals surface area contributed by atoms with Crippen molar-refractivity contribution in [1.29, 1.82) is 0 Å². The number of carboxylic acids is 1. The lowest BCUT2D eigenvalue weighted by Gasteiger charge is -2.33. The molecule has 1 aliphatic heterocycles. The number of carbonyl (C=O) groups excluding carboxylic acids is 1. The number of likely N-dealkylation sites (tertiary alicyclic amines) is 1. The SMILES string of the molecule is CCC(C)(OC)C(=O)N1CC2CCCC2C1C(=O)O. The Kier molecular flexibility index (Phi) is 3.85. The standard InChI is InChI=1S/C14H23NO4/c1-4-14(2,19-3)13(18)15-8-9-6-5-7-10(9)11(15)12(16)17/h9-11H,4-8H2,1-3H3,(H,16,17). The molecule has 0 bridgehead atoms. The molecule has 1 heterocycles. The van der Waals surface area contributed by atoms with Gasteiger partial charge in [-0.2, -0.15) is 0 Å². The first kappa shape index (κ1) is 14.3. The van der Waals surface area contributed by atoms with Crippen LogP contribution in [0.15, 0.2) is 0 Å². The molecule has 1 amide bonds. The third kappa shape index (κ3) is 2.24. The highest BCUT2D eigenvalue weighted by Gasteiger charge is 2.52. The molecule has 0 aromatic carbocycles. The van der Waals surface area contributed by atoms with Crippen LogP contribution in [-0.4, -0.2) is 47.2 Å². The summed E-state index contributed by atoms with van der Waals surface area (Å²) in [5.74, 6) is -0.584. The van der Waals surface area contributed by atoms with Gasteiger partial charge in [0.1, 0.15) is 11.6 Å². The summed E-state index contributed by atoms with van der Waals surface area (Å²) in [4.78, 5) is 25.7. The van der Waals surface area contributed by atoms with E-state index in [0.29, 0.717) is 18.9 Å². The second-order valence-corrected chi connectivity index (χ2v) is 5.88.